The number of rotatable bonds is 9. The molecule has 4 aromatic rings. The van der Waals surface area contributed by atoms with Gasteiger partial charge >= 0.3 is 12.1 Å². The number of benzene rings is 3. The number of carbonyl (C=O) groups excluding carboxylic acids is 4. The molecule has 1 aliphatic rings. The van der Waals surface area contributed by atoms with Crippen molar-refractivity contribution in [3.05, 3.63) is 118 Å². The monoisotopic (exact) mass is 683 g/mol. The van der Waals surface area contributed by atoms with Crippen LogP contribution >= 0.6 is 23.1 Å². The number of carbonyl (C=O) groups is 4. The van der Waals surface area contributed by atoms with Crippen LogP contribution in [0.5, 0.6) is 0 Å². The highest BCUT2D eigenvalue weighted by Gasteiger charge is 2.33. The van der Waals surface area contributed by atoms with Crippen molar-refractivity contribution in [3.8, 4) is 0 Å². The third-order valence-corrected chi connectivity index (χ3v) is 9.64. The number of anilines is 2. The molecule has 248 valence electrons. The van der Waals surface area contributed by atoms with Gasteiger partial charge in [-0.25, -0.2) is 9.59 Å². The van der Waals surface area contributed by atoms with E-state index in [0.717, 1.165) is 26.5 Å². The summed E-state index contributed by atoms with van der Waals surface area (Å²) in [5.74, 6) is -1.16. The van der Waals surface area contributed by atoms with Crippen LogP contribution in [0.2, 0.25) is 0 Å². The van der Waals surface area contributed by atoms with Crippen molar-refractivity contribution >= 4 is 63.7 Å². The Morgan fingerprint density at radius 2 is 1.65 bits per heavy atom. The molecule has 0 saturated carbocycles. The number of esters is 1. The lowest BCUT2D eigenvalue weighted by Gasteiger charge is -2.30. The number of nitrogens with zero attached hydrogens (tertiary/aromatic N) is 1. The Balaban J connectivity index is 1.36. The van der Waals surface area contributed by atoms with E-state index in [-0.39, 0.29) is 18.4 Å². The molecule has 2 N–H and O–H groups in total. The topological polar surface area (TPSA) is 114 Å². The first kappa shape index (κ1) is 34.5. The van der Waals surface area contributed by atoms with Gasteiger partial charge in [0.1, 0.15) is 15.9 Å². The molecule has 48 heavy (non-hydrogen) atoms. The summed E-state index contributed by atoms with van der Waals surface area (Å²) in [6.45, 7) is 6.06. The molecule has 0 bridgehead atoms. The van der Waals surface area contributed by atoms with E-state index in [1.54, 1.807) is 17.0 Å². The lowest BCUT2D eigenvalue weighted by atomic mass is 10.0. The fourth-order valence-electron chi connectivity index (χ4n) is 5.07. The Kier molecular flexibility index (Phi) is 11.0. The van der Waals surface area contributed by atoms with Crippen LogP contribution in [0.1, 0.15) is 57.9 Å². The summed E-state index contributed by atoms with van der Waals surface area (Å²) in [5, 5.41) is 5.57. The van der Waals surface area contributed by atoms with E-state index in [1.165, 1.54) is 36.3 Å². The van der Waals surface area contributed by atoms with Crippen molar-refractivity contribution in [1.29, 1.82) is 0 Å². The van der Waals surface area contributed by atoms with Gasteiger partial charge in [-0.1, -0.05) is 66.7 Å². The van der Waals surface area contributed by atoms with E-state index in [2.05, 4.69) is 10.6 Å². The molecule has 2 heterocycles. The SMILES string of the molecule is COC(=O)c1c(NC(=O)C(Sc2cccc(NC(=O)/C=C/c3ccccc3)c2)c2ccccc2)sc2c1CCN(C(=O)OC(C)(C)C)C2. The fourth-order valence-corrected chi connectivity index (χ4v) is 7.41. The van der Waals surface area contributed by atoms with Gasteiger partial charge in [-0.2, -0.15) is 0 Å². The second-order valence-corrected chi connectivity index (χ2v) is 14.3. The number of thioether (sulfide) groups is 1. The summed E-state index contributed by atoms with van der Waals surface area (Å²) in [7, 11) is 1.31. The highest BCUT2D eigenvalue weighted by molar-refractivity contribution is 8.00. The van der Waals surface area contributed by atoms with Gasteiger partial charge in [0.05, 0.1) is 19.2 Å². The van der Waals surface area contributed by atoms with Crippen LogP contribution in [-0.2, 0) is 32.0 Å². The van der Waals surface area contributed by atoms with Gasteiger partial charge in [0, 0.05) is 28.1 Å². The zero-order valence-electron chi connectivity index (χ0n) is 27.1. The molecule has 1 aliphatic heterocycles. The van der Waals surface area contributed by atoms with Gasteiger partial charge in [-0.15, -0.1) is 23.1 Å². The van der Waals surface area contributed by atoms with Crippen LogP contribution in [-0.4, -0.2) is 48.0 Å². The summed E-state index contributed by atoms with van der Waals surface area (Å²) in [6, 6.07) is 26.2. The first-order valence-corrected chi connectivity index (χ1v) is 17.1. The van der Waals surface area contributed by atoms with Crippen LogP contribution in [0.4, 0.5) is 15.5 Å². The van der Waals surface area contributed by atoms with E-state index in [0.29, 0.717) is 29.2 Å². The molecule has 0 radical (unpaired) electrons. The molecular formula is C37H37N3O6S2. The Hall–Kier alpha value is -4.87. The van der Waals surface area contributed by atoms with Gasteiger partial charge in [-0.3, -0.25) is 9.59 Å². The van der Waals surface area contributed by atoms with Crippen molar-refractivity contribution in [3.63, 3.8) is 0 Å². The van der Waals surface area contributed by atoms with Crippen LogP contribution < -0.4 is 10.6 Å². The summed E-state index contributed by atoms with van der Waals surface area (Å²) in [6.07, 6.45) is 3.20. The average molecular weight is 684 g/mol. The molecule has 0 fully saturated rings. The number of fused-ring (bicyclic) bond motifs is 1. The van der Waals surface area contributed by atoms with Crippen LogP contribution in [0, 0.1) is 0 Å². The van der Waals surface area contributed by atoms with Crippen LogP contribution in [0.25, 0.3) is 6.08 Å². The normalized spacial score (nSPS) is 13.4. The van der Waals surface area contributed by atoms with Crippen molar-refractivity contribution in [1.82, 2.24) is 4.90 Å². The second-order valence-electron chi connectivity index (χ2n) is 12.0. The molecule has 0 saturated heterocycles. The van der Waals surface area contributed by atoms with E-state index in [9.17, 15) is 19.2 Å². The molecule has 1 atom stereocenters. The second kappa shape index (κ2) is 15.4. The molecule has 3 aromatic carbocycles. The third-order valence-electron chi connectivity index (χ3n) is 7.26. The predicted molar refractivity (Wildman–Crippen MR) is 190 cm³/mol. The van der Waals surface area contributed by atoms with Gasteiger partial charge in [0.2, 0.25) is 11.8 Å². The molecule has 9 nitrogen and oxygen atoms in total. The molecule has 0 spiro atoms. The van der Waals surface area contributed by atoms with Gasteiger partial charge in [-0.05, 0) is 68.2 Å². The minimum Gasteiger partial charge on any atom is -0.465 e. The maximum atomic E-state index is 14.1. The van der Waals surface area contributed by atoms with Crippen molar-refractivity contribution in [2.24, 2.45) is 0 Å². The van der Waals surface area contributed by atoms with Crippen molar-refractivity contribution in [2.75, 3.05) is 24.3 Å². The number of thiophene rings is 1. The maximum Gasteiger partial charge on any atom is 0.410 e. The molecule has 1 unspecified atom stereocenters. The third kappa shape index (κ3) is 8.93. The molecular weight excluding hydrogens is 647 g/mol. The molecule has 1 aromatic heterocycles. The molecule has 5 rings (SSSR count). The average Bonchev–Trinajstić information content (AvgIpc) is 3.43. The van der Waals surface area contributed by atoms with Crippen LogP contribution in [0.15, 0.2) is 95.9 Å². The summed E-state index contributed by atoms with van der Waals surface area (Å²) >= 11 is 2.58. The number of hydrogen-bond donors (Lipinski definition) is 2. The first-order valence-electron chi connectivity index (χ1n) is 15.4. The van der Waals surface area contributed by atoms with Gasteiger partial charge in [0.15, 0.2) is 0 Å². The number of hydrogen-bond acceptors (Lipinski definition) is 8. The number of methoxy groups -OCH3 is 1. The zero-order chi connectivity index (χ0) is 34.3. The minimum atomic E-state index is -0.696. The Morgan fingerprint density at radius 3 is 2.33 bits per heavy atom. The molecule has 11 heteroatoms. The first-order chi connectivity index (χ1) is 23.0. The Bertz CT molecular complexity index is 1820. The number of amides is 3. The van der Waals surface area contributed by atoms with Gasteiger partial charge in [0.25, 0.3) is 0 Å². The van der Waals surface area contributed by atoms with E-state index in [1.807, 2.05) is 99.6 Å². The summed E-state index contributed by atoms with van der Waals surface area (Å²) < 4.78 is 10.7. The number of nitrogens with one attached hydrogen (secondary N) is 2. The quantitative estimate of drug-likeness (QED) is 0.105. The largest absolute Gasteiger partial charge is 0.465 e. The standard InChI is InChI=1S/C37H37N3O6S2/c1-37(2,3)46-36(44)40-21-20-28-29(23-40)48-34(31(28)35(43)45-4)39-33(42)32(25-14-9-6-10-15-25)47-27-17-11-16-26(22-27)38-30(41)19-18-24-12-7-5-8-13-24/h5-19,22,32H,20-21,23H2,1-4H3,(H,38,41)(H,39,42)/b19-18+. The lowest BCUT2D eigenvalue weighted by Crippen LogP contribution is -2.39. The van der Waals surface area contributed by atoms with Crippen molar-refractivity contribution < 1.29 is 28.7 Å². The zero-order valence-corrected chi connectivity index (χ0v) is 28.8. The van der Waals surface area contributed by atoms with Gasteiger partial charge < -0.3 is 25.0 Å². The fraction of sp³-hybridized carbons (Fsp3) is 0.243. The predicted octanol–water partition coefficient (Wildman–Crippen LogP) is 7.95. The van der Waals surface area contributed by atoms with E-state index in [4.69, 9.17) is 9.47 Å². The van der Waals surface area contributed by atoms with E-state index < -0.39 is 22.9 Å². The summed E-state index contributed by atoms with van der Waals surface area (Å²) in [5.41, 5.74) is 2.68. The highest BCUT2D eigenvalue weighted by atomic mass is 32.2. The maximum absolute atomic E-state index is 14.1. The molecule has 3 amide bonds. The molecule has 0 aliphatic carbocycles. The minimum absolute atomic E-state index is 0.255. The van der Waals surface area contributed by atoms with E-state index >= 15 is 0 Å². The lowest BCUT2D eigenvalue weighted by molar-refractivity contribution is -0.116. The highest BCUT2D eigenvalue weighted by Crippen LogP contribution is 2.41. The Labute approximate surface area is 288 Å². The Morgan fingerprint density at radius 1 is 0.938 bits per heavy atom. The number of ether oxygens (including phenoxy) is 2. The van der Waals surface area contributed by atoms with Crippen molar-refractivity contribution in [2.45, 2.75) is 49.5 Å². The van der Waals surface area contributed by atoms with Crippen LogP contribution in [0.3, 0.4) is 0 Å². The summed E-state index contributed by atoms with van der Waals surface area (Å²) in [4.78, 5) is 55.7. The smallest absolute Gasteiger partial charge is 0.410 e.